The molecule has 178 valence electrons. The van der Waals surface area contributed by atoms with Crippen LogP contribution in [0.2, 0.25) is 0 Å². The Hall–Kier alpha value is -2.05. The van der Waals surface area contributed by atoms with Gasteiger partial charge in [-0.1, -0.05) is 25.1 Å². The first kappa shape index (κ1) is 21.5. The minimum atomic E-state index is 0.0229. The Kier molecular flexibility index (Phi) is 5.41. The Balaban J connectivity index is 1.05. The minimum Gasteiger partial charge on any atom is -0.462 e. The van der Waals surface area contributed by atoms with Gasteiger partial charge in [-0.25, -0.2) is 0 Å². The van der Waals surface area contributed by atoms with E-state index in [-0.39, 0.29) is 23.4 Å². The molecule has 0 radical (unpaired) electrons. The average molecular weight is 453 g/mol. The van der Waals surface area contributed by atoms with Crippen LogP contribution in [0.5, 0.6) is 11.5 Å². The van der Waals surface area contributed by atoms with Crippen molar-refractivity contribution in [3.05, 3.63) is 35.9 Å². The average Bonchev–Trinajstić information content (AvgIpc) is 3.37. The van der Waals surface area contributed by atoms with E-state index < -0.39 is 0 Å². The lowest BCUT2D eigenvalue weighted by Crippen LogP contribution is -2.49. The number of fused-ring (bicyclic) bond motifs is 3. The maximum absolute atomic E-state index is 12.9. The van der Waals surface area contributed by atoms with E-state index in [1.165, 1.54) is 24.0 Å². The maximum Gasteiger partial charge on any atom is 0.310 e. The summed E-state index contributed by atoms with van der Waals surface area (Å²) in [6.07, 6.45) is 5.85. The third-order valence-corrected chi connectivity index (χ3v) is 9.08. The highest BCUT2D eigenvalue weighted by Crippen LogP contribution is 2.57. The lowest BCUT2D eigenvalue weighted by atomic mass is 9.55. The number of rotatable bonds is 4. The first-order valence-corrected chi connectivity index (χ1v) is 12.7. The Morgan fingerprint density at radius 2 is 1.91 bits per heavy atom. The molecule has 3 heterocycles. The molecule has 33 heavy (non-hydrogen) atoms. The summed E-state index contributed by atoms with van der Waals surface area (Å²) in [6.45, 7) is 12.9. The molecule has 2 aliphatic carbocycles. The van der Waals surface area contributed by atoms with Crippen LogP contribution in [0, 0.1) is 23.2 Å². The molecule has 6 rings (SSSR count). The predicted octanol–water partition coefficient (Wildman–Crippen LogP) is 3.85. The van der Waals surface area contributed by atoms with Gasteiger partial charge in [0.05, 0.1) is 5.92 Å². The lowest BCUT2D eigenvalue weighted by molar-refractivity contribution is -0.146. The molecule has 2 saturated heterocycles. The van der Waals surface area contributed by atoms with Crippen molar-refractivity contribution in [2.45, 2.75) is 51.7 Å². The van der Waals surface area contributed by atoms with Crippen molar-refractivity contribution in [2.24, 2.45) is 23.2 Å². The molecule has 0 N–H and O–H groups in total. The number of hydrogen-bond donors (Lipinski definition) is 0. The molecular weight excluding hydrogens is 416 g/mol. The van der Waals surface area contributed by atoms with Gasteiger partial charge in [-0.3, -0.25) is 14.6 Å². The molecule has 0 spiro atoms. The zero-order chi connectivity index (χ0) is 22.6. The fourth-order valence-corrected chi connectivity index (χ4v) is 7.17. The molecule has 2 saturated carbocycles. The third kappa shape index (κ3) is 3.95. The summed E-state index contributed by atoms with van der Waals surface area (Å²) in [6, 6.07) is 6.23. The van der Waals surface area contributed by atoms with Gasteiger partial charge in [0.25, 0.3) is 0 Å². The third-order valence-electron chi connectivity index (χ3n) is 9.08. The van der Waals surface area contributed by atoms with Crippen molar-refractivity contribution in [1.29, 1.82) is 0 Å². The number of piperazine rings is 1. The van der Waals surface area contributed by atoms with Gasteiger partial charge in [-0.05, 0) is 61.1 Å². The van der Waals surface area contributed by atoms with Crippen LogP contribution in [0.3, 0.4) is 0 Å². The van der Waals surface area contributed by atoms with Gasteiger partial charge in [-0.2, -0.15) is 0 Å². The number of carbonyl (C=O) groups is 1. The van der Waals surface area contributed by atoms with E-state index in [1.807, 2.05) is 6.07 Å². The molecule has 0 bridgehead atoms. The molecule has 1 aromatic carbocycles. The van der Waals surface area contributed by atoms with Crippen LogP contribution in [0.15, 0.2) is 30.4 Å². The van der Waals surface area contributed by atoms with Gasteiger partial charge < -0.3 is 14.2 Å². The number of nitrogens with zero attached hydrogens (tertiary/aromatic N) is 2. The maximum atomic E-state index is 12.9. The first-order valence-electron chi connectivity index (χ1n) is 12.7. The van der Waals surface area contributed by atoms with E-state index in [0.29, 0.717) is 18.6 Å². The molecule has 1 aromatic rings. The summed E-state index contributed by atoms with van der Waals surface area (Å²) in [4.78, 5) is 17.9. The van der Waals surface area contributed by atoms with Gasteiger partial charge in [0.15, 0.2) is 11.5 Å². The van der Waals surface area contributed by atoms with E-state index in [1.54, 1.807) is 0 Å². The first-order chi connectivity index (χ1) is 16.0. The van der Waals surface area contributed by atoms with Gasteiger partial charge in [0.1, 0.15) is 6.10 Å². The van der Waals surface area contributed by atoms with Crippen molar-refractivity contribution in [3.63, 3.8) is 0 Å². The second-order valence-corrected chi connectivity index (χ2v) is 11.2. The smallest absolute Gasteiger partial charge is 0.310 e. The van der Waals surface area contributed by atoms with Gasteiger partial charge in [0.2, 0.25) is 6.79 Å². The molecule has 6 nitrogen and oxygen atoms in total. The van der Waals surface area contributed by atoms with Crippen LogP contribution in [-0.2, 0) is 16.1 Å². The number of allylic oxidation sites excluding steroid dienone is 1. The highest BCUT2D eigenvalue weighted by Gasteiger charge is 2.55. The molecule has 6 heteroatoms. The molecule has 0 amide bonds. The van der Waals surface area contributed by atoms with Crippen molar-refractivity contribution in [3.8, 4) is 11.5 Å². The zero-order valence-corrected chi connectivity index (χ0v) is 19.8. The monoisotopic (exact) mass is 452 g/mol. The summed E-state index contributed by atoms with van der Waals surface area (Å²) in [5, 5.41) is 0. The number of hydrogen-bond acceptors (Lipinski definition) is 6. The van der Waals surface area contributed by atoms with Crippen LogP contribution in [-0.4, -0.2) is 61.4 Å². The van der Waals surface area contributed by atoms with Crippen LogP contribution >= 0.6 is 0 Å². The van der Waals surface area contributed by atoms with Crippen LogP contribution in [0.4, 0.5) is 0 Å². The van der Waals surface area contributed by atoms with E-state index in [0.717, 1.165) is 70.0 Å². The normalized spacial score (nSPS) is 36.4. The number of esters is 1. The van der Waals surface area contributed by atoms with Crippen LogP contribution in [0.25, 0.3) is 0 Å². The number of benzene rings is 1. The number of carbonyl (C=O) groups excluding carboxylic acids is 1. The molecule has 5 aliphatic rings. The fourth-order valence-electron chi connectivity index (χ4n) is 7.17. The molecule has 0 unspecified atom stereocenters. The SMILES string of the molecule is C=C1CCC[C@]2(C)C[C@H]3OC(=O)[C@H](CN4CCN(Cc5ccc6c(c5)OCO6)CC4)[C@@H]3C[C@H]12. The van der Waals surface area contributed by atoms with E-state index in [2.05, 4.69) is 35.4 Å². The summed E-state index contributed by atoms with van der Waals surface area (Å²) in [7, 11) is 0. The van der Waals surface area contributed by atoms with Crippen molar-refractivity contribution in [2.75, 3.05) is 39.5 Å². The van der Waals surface area contributed by atoms with Crippen molar-refractivity contribution < 1.29 is 19.0 Å². The van der Waals surface area contributed by atoms with E-state index in [9.17, 15) is 4.79 Å². The van der Waals surface area contributed by atoms with Gasteiger partial charge in [-0.15, -0.1) is 0 Å². The standard InChI is InChI=1S/C27H36N2O4/c1-18-4-3-7-27(2)14-25-20(13-22(18)27)21(26(30)33-25)16-29-10-8-28(9-11-29)15-19-5-6-23-24(12-19)32-17-31-23/h5-6,12,20-22,25H,1,3-4,7-11,13-17H2,2H3/t20-,21+,22+,25+,27+/m0/s1. The van der Waals surface area contributed by atoms with Gasteiger partial charge in [0, 0.05) is 45.2 Å². The molecule has 4 fully saturated rings. The quantitative estimate of drug-likeness (QED) is 0.511. The Labute approximate surface area is 196 Å². The van der Waals surface area contributed by atoms with E-state index >= 15 is 0 Å². The molecular formula is C27H36N2O4. The summed E-state index contributed by atoms with van der Waals surface area (Å²) >= 11 is 0. The second kappa shape index (κ2) is 8.31. The van der Waals surface area contributed by atoms with E-state index in [4.69, 9.17) is 14.2 Å². The summed E-state index contributed by atoms with van der Waals surface area (Å²) in [5.41, 5.74) is 2.94. The topological polar surface area (TPSA) is 51.2 Å². The molecule has 5 atom stereocenters. The second-order valence-electron chi connectivity index (χ2n) is 11.2. The van der Waals surface area contributed by atoms with Crippen molar-refractivity contribution in [1.82, 2.24) is 9.80 Å². The summed E-state index contributed by atoms with van der Waals surface area (Å²) < 4.78 is 16.9. The minimum absolute atomic E-state index is 0.0229. The lowest BCUT2D eigenvalue weighted by Gasteiger charge is -2.50. The summed E-state index contributed by atoms with van der Waals surface area (Å²) in [5.74, 6) is 2.67. The highest BCUT2D eigenvalue weighted by atomic mass is 16.7. The zero-order valence-electron chi connectivity index (χ0n) is 19.8. The molecule has 3 aliphatic heterocycles. The van der Waals surface area contributed by atoms with Crippen molar-refractivity contribution >= 4 is 5.97 Å². The largest absolute Gasteiger partial charge is 0.462 e. The number of ether oxygens (including phenoxy) is 3. The molecule has 0 aromatic heterocycles. The van der Waals surface area contributed by atoms with Crippen LogP contribution < -0.4 is 9.47 Å². The highest BCUT2D eigenvalue weighted by molar-refractivity contribution is 5.75. The fraction of sp³-hybridized carbons (Fsp3) is 0.667. The Bertz CT molecular complexity index is 940. The van der Waals surface area contributed by atoms with Gasteiger partial charge >= 0.3 is 5.97 Å². The Morgan fingerprint density at radius 1 is 1.12 bits per heavy atom. The Morgan fingerprint density at radius 3 is 2.76 bits per heavy atom. The van der Waals surface area contributed by atoms with Crippen LogP contribution in [0.1, 0.15) is 44.6 Å². The predicted molar refractivity (Wildman–Crippen MR) is 125 cm³/mol.